The highest BCUT2D eigenvalue weighted by atomic mass is 16.7. The highest BCUT2D eigenvalue weighted by molar-refractivity contribution is 6.14. The molecular formula is C23H21NO8. The molecule has 2 atom stereocenters. The van der Waals surface area contributed by atoms with Crippen molar-refractivity contribution in [1.29, 1.82) is 0 Å². The van der Waals surface area contributed by atoms with Gasteiger partial charge in [-0.05, 0) is 30.0 Å². The summed E-state index contributed by atoms with van der Waals surface area (Å²) >= 11 is 0. The number of amides is 1. The van der Waals surface area contributed by atoms with Gasteiger partial charge in [-0.3, -0.25) is 9.69 Å². The maximum Gasteiger partial charge on any atom is 0.513 e. The van der Waals surface area contributed by atoms with Crippen LogP contribution in [0.5, 0.6) is 17.2 Å². The van der Waals surface area contributed by atoms with Crippen LogP contribution >= 0.6 is 0 Å². The summed E-state index contributed by atoms with van der Waals surface area (Å²) in [6.07, 6.45) is -1.47. The second-order valence-electron chi connectivity index (χ2n) is 8.42. The number of esters is 1. The number of carboxylic acid groups (broad SMARTS) is 1. The molecule has 0 saturated carbocycles. The fourth-order valence-electron chi connectivity index (χ4n) is 4.73. The van der Waals surface area contributed by atoms with Gasteiger partial charge in [-0.15, -0.1) is 0 Å². The Hall–Kier alpha value is -3.75. The monoisotopic (exact) mass is 439 g/mol. The van der Waals surface area contributed by atoms with Crippen molar-refractivity contribution in [3.05, 3.63) is 47.5 Å². The van der Waals surface area contributed by atoms with E-state index in [9.17, 15) is 14.4 Å². The first kappa shape index (κ1) is 20.2. The summed E-state index contributed by atoms with van der Waals surface area (Å²) in [5.74, 6) is 0.201. The molecule has 2 aromatic carbocycles. The highest BCUT2D eigenvalue weighted by Gasteiger charge is 2.59. The number of rotatable bonds is 4. The molecule has 3 heterocycles. The lowest BCUT2D eigenvalue weighted by atomic mass is 9.77. The van der Waals surface area contributed by atoms with Gasteiger partial charge in [0.2, 0.25) is 12.7 Å². The van der Waals surface area contributed by atoms with Crippen LogP contribution in [-0.4, -0.2) is 42.6 Å². The van der Waals surface area contributed by atoms with Gasteiger partial charge in [-0.1, -0.05) is 32.0 Å². The van der Waals surface area contributed by atoms with Crippen LogP contribution in [0.25, 0.3) is 0 Å². The van der Waals surface area contributed by atoms with Crippen LogP contribution in [0, 0.1) is 5.92 Å². The summed E-state index contributed by atoms with van der Waals surface area (Å²) in [6, 6.07) is 9.50. The van der Waals surface area contributed by atoms with Gasteiger partial charge in [0.05, 0.1) is 0 Å². The number of benzene rings is 2. The van der Waals surface area contributed by atoms with E-state index in [1.165, 1.54) is 4.90 Å². The molecule has 3 aliphatic heterocycles. The smallest absolute Gasteiger partial charge is 0.491 e. The standard InChI is InChI=1S/C23H21NO8/c1-12(2)7-16(20(25)32-22(27)28)24-15-6-4-3-5-13(15)23(21(24)26)10-29-17-9-19-18(8-14(17)23)30-11-31-19/h3-6,8-9,12,16H,7,10-11H2,1-2H3,(H,27,28). The Morgan fingerprint density at radius 3 is 2.53 bits per heavy atom. The molecule has 32 heavy (non-hydrogen) atoms. The van der Waals surface area contributed by atoms with Crippen molar-refractivity contribution in [1.82, 2.24) is 0 Å². The van der Waals surface area contributed by atoms with Gasteiger partial charge in [0.25, 0.3) is 0 Å². The highest BCUT2D eigenvalue weighted by Crippen LogP contribution is 2.55. The lowest BCUT2D eigenvalue weighted by Crippen LogP contribution is -2.50. The molecule has 0 aliphatic carbocycles. The van der Waals surface area contributed by atoms with Crippen LogP contribution in [0.3, 0.4) is 0 Å². The number of hydrogen-bond donors (Lipinski definition) is 1. The summed E-state index contributed by atoms with van der Waals surface area (Å²) in [7, 11) is 0. The lowest BCUT2D eigenvalue weighted by Gasteiger charge is -2.29. The molecule has 2 unspecified atom stereocenters. The van der Waals surface area contributed by atoms with Gasteiger partial charge in [-0.2, -0.15) is 0 Å². The first-order chi connectivity index (χ1) is 15.3. The van der Waals surface area contributed by atoms with Gasteiger partial charge in [-0.25, -0.2) is 9.59 Å². The average molecular weight is 439 g/mol. The Morgan fingerprint density at radius 2 is 1.81 bits per heavy atom. The van der Waals surface area contributed by atoms with Crippen molar-refractivity contribution in [3.8, 4) is 17.2 Å². The summed E-state index contributed by atoms with van der Waals surface area (Å²) in [4.78, 5) is 39.3. The van der Waals surface area contributed by atoms with Crippen LogP contribution < -0.4 is 19.1 Å². The topological polar surface area (TPSA) is 112 Å². The number of fused-ring (bicyclic) bond motifs is 5. The molecule has 0 bridgehead atoms. The third-order valence-electron chi connectivity index (χ3n) is 6.05. The molecule has 0 saturated heterocycles. The van der Waals surface area contributed by atoms with Crippen molar-refractivity contribution >= 4 is 23.7 Å². The van der Waals surface area contributed by atoms with E-state index in [1.54, 1.807) is 24.3 Å². The van der Waals surface area contributed by atoms with Gasteiger partial charge in [0.1, 0.15) is 23.8 Å². The second-order valence-corrected chi connectivity index (χ2v) is 8.42. The molecule has 5 rings (SSSR count). The Kier molecular flexibility index (Phi) is 4.51. The molecule has 1 amide bonds. The Morgan fingerprint density at radius 1 is 1.09 bits per heavy atom. The number of ether oxygens (including phenoxy) is 4. The predicted molar refractivity (Wildman–Crippen MR) is 110 cm³/mol. The number of hydrogen-bond acceptors (Lipinski definition) is 7. The van der Waals surface area contributed by atoms with Gasteiger partial charge in [0.15, 0.2) is 11.5 Å². The van der Waals surface area contributed by atoms with Crippen molar-refractivity contribution in [2.24, 2.45) is 5.92 Å². The largest absolute Gasteiger partial charge is 0.513 e. The molecule has 0 radical (unpaired) electrons. The molecule has 0 aromatic heterocycles. The van der Waals surface area contributed by atoms with Crippen molar-refractivity contribution < 1.29 is 38.4 Å². The fourth-order valence-corrected chi connectivity index (χ4v) is 4.73. The summed E-state index contributed by atoms with van der Waals surface area (Å²) in [6.45, 7) is 3.90. The third-order valence-corrected chi connectivity index (χ3v) is 6.05. The van der Waals surface area contributed by atoms with E-state index in [0.29, 0.717) is 34.1 Å². The Bertz CT molecular complexity index is 1140. The van der Waals surface area contributed by atoms with Crippen LogP contribution in [0.15, 0.2) is 36.4 Å². The van der Waals surface area contributed by atoms with E-state index < -0.39 is 23.6 Å². The molecule has 1 spiro atoms. The minimum absolute atomic E-state index is 0.00112. The fraction of sp³-hybridized carbons (Fsp3) is 0.348. The molecular weight excluding hydrogens is 418 g/mol. The molecule has 1 N–H and O–H groups in total. The van der Waals surface area contributed by atoms with Crippen LogP contribution in [0.1, 0.15) is 31.4 Å². The number of carbonyl (C=O) groups excluding carboxylic acids is 2. The molecule has 9 heteroatoms. The van der Waals surface area contributed by atoms with Gasteiger partial charge in [0, 0.05) is 17.3 Å². The Balaban J connectivity index is 1.66. The average Bonchev–Trinajstić information content (AvgIpc) is 3.41. The second kappa shape index (κ2) is 7.15. The van der Waals surface area contributed by atoms with Crippen molar-refractivity contribution in [2.75, 3.05) is 18.3 Å². The molecule has 3 aliphatic rings. The Labute approximate surface area is 183 Å². The van der Waals surface area contributed by atoms with Crippen molar-refractivity contribution in [2.45, 2.75) is 31.7 Å². The van der Waals surface area contributed by atoms with Gasteiger partial charge < -0.3 is 24.1 Å². The maximum atomic E-state index is 14.1. The molecule has 9 nitrogen and oxygen atoms in total. The number of anilines is 1. The lowest BCUT2D eigenvalue weighted by molar-refractivity contribution is -0.142. The van der Waals surface area contributed by atoms with Crippen LogP contribution in [0.4, 0.5) is 10.5 Å². The number of carbonyl (C=O) groups is 3. The minimum Gasteiger partial charge on any atom is -0.491 e. The van der Waals surface area contributed by atoms with E-state index in [2.05, 4.69) is 4.74 Å². The van der Waals surface area contributed by atoms with E-state index in [4.69, 9.17) is 19.3 Å². The summed E-state index contributed by atoms with van der Waals surface area (Å²) < 4.78 is 21.4. The molecule has 0 fully saturated rings. The maximum absolute atomic E-state index is 14.1. The van der Waals surface area contributed by atoms with Crippen LogP contribution in [-0.2, 0) is 19.7 Å². The van der Waals surface area contributed by atoms with E-state index >= 15 is 0 Å². The van der Waals surface area contributed by atoms with E-state index in [0.717, 1.165) is 0 Å². The summed E-state index contributed by atoms with van der Waals surface area (Å²) in [5, 5.41) is 9.00. The number of para-hydroxylation sites is 1. The zero-order valence-corrected chi connectivity index (χ0v) is 17.5. The predicted octanol–water partition coefficient (Wildman–Crippen LogP) is 3.08. The molecule has 166 valence electrons. The third kappa shape index (κ3) is 2.80. The van der Waals surface area contributed by atoms with E-state index in [-0.39, 0.29) is 31.6 Å². The first-order valence-electron chi connectivity index (χ1n) is 10.3. The zero-order valence-electron chi connectivity index (χ0n) is 17.5. The quantitative estimate of drug-likeness (QED) is 0.572. The van der Waals surface area contributed by atoms with Gasteiger partial charge >= 0.3 is 12.1 Å². The zero-order chi connectivity index (χ0) is 22.6. The SMILES string of the molecule is CC(C)CC(C(=O)OC(=O)O)N1C(=O)C2(COc3cc4c(cc32)OCO4)c2ccccc21. The van der Waals surface area contributed by atoms with Crippen molar-refractivity contribution in [3.63, 3.8) is 0 Å². The summed E-state index contributed by atoms with van der Waals surface area (Å²) in [5.41, 5.74) is 0.641. The number of nitrogens with zero attached hydrogens (tertiary/aromatic N) is 1. The minimum atomic E-state index is -1.71. The first-order valence-corrected chi connectivity index (χ1v) is 10.3. The van der Waals surface area contributed by atoms with E-state index in [1.807, 2.05) is 26.0 Å². The molecule has 2 aromatic rings. The normalized spacial score (nSPS) is 20.8. The van der Waals surface area contributed by atoms with Crippen LogP contribution in [0.2, 0.25) is 0 Å².